The van der Waals surface area contributed by atoms with E-state index in [0.29, 0.717) is 24.1 Å². The fourth-order valence-electron chi connectivity index (χ4n) is 3.73. The van der Waals surface area contributed by atoms with Crippen LogP contribution in [0.4, 0.5) is 4.79 Å². The van der Waals surface area contributed by atoms with Crippen molar-refractivity contribution in [3.8, 4) is 11.1 Å². The minimum absolute atomic E-state index is 0.0380. The van der Waals surface area contributed by atoms with E-state index in [1.165, 1.54) is 33.6 Å². The summed E-state index contributed by atoms with van der Waals surface area (Å²) < 4.78 is 5.49. The molecule has 1 heterocycles. The molecular weight excluding hydrogens is 398 g/mol. The molecule has 2 N–H and O–H groups in total. The zero-order valence-electron chi connectivity index (χ0n) is 16.2. The molecule has 0 atom stereocenters. The van der Waals surface area contributed by atoms with Crippen molar-refractivity contribution in [1.29, 1.82) is 0 Å². The lowest BCUT2D eigenvalue weighted by atomic mass is 9.98. The molecule has 30 heavy (non-hydrogen) atoms. The Kier molecular flexibility index (Phi) is 5.95. The van der Waals surface area contributed by atoms with Crippen molar-refractivity contribution in [3.05, 3.63) is 87.6 Å². The minimum atomic E-state index is -0.937. The van der Waals surface area contributed by atoms with Gasteiger partial charge in [-0.15, -0.1) is 0 Å². The number of ether oxygens (including phenoxy) is 1. The van der Waals surface area contributed by atoms with Crippen LogP contribution in [-0.2, 0) is 4.74 Å². The lowest BCUT2D eigenvalue weighted by molar-refractivity contribution is 0.0697. The van der Waals surface area contributed by atoms with Gasteiger partial charge in [0.25, 0.3) is 0 Å². The molecule has 6 heteroatoms. The second kappa shape index (κ2) is 8.97. The Morgan fingerprint density at radius 1 is 1.03 bits per heavy atom. The average Bonchev–Trinajstić information content (AvgIpc) is 3.35. The quantitative estimate of drug-likeness (QED) is 0.504. The predicted octanol–water partition coefficient (Wildman–Crippen LogP) is 5.39. The number of fused-ring (bicyclic) bond motifs is 3. The lowest BCUT2D eigenvalue weighted by Gasteiger charge is -2.14. The summed E-state index contributed by atoms with van der Waals surface area (Å²) in [5.41, 5.74) is 5.72. The van der Waals surface area contributed by atoms with E-state index in [9.17, 15) is 9.59 Å². The predicted molar refractivity (Wildman–Crippen MR) is 118 cm³/mol. The van der Waals surface area contributed by atoms with Crippen molar-refractivity contribution >= 4 is 29.5 Å². The molecule has 1 aromatic heterocycles. The summed E-state index contributed by atoms with van der Waals surface area (Å²) in [5.74, 6) is -0.899. The molecule has 0 bridgehead atoms. The van der Waals surface area contributed by atoms with Gasteiger partial charge in [-0.25, -0.2) is 9.59 Å². The number of carbonyl (C=O) groups excluding carboxylic acids is 1. The lowest BCUT2D eigenvalue weighted by Crippen LogP contribution is -2.26. The molecule has 5 nitrogen and oxygen atoms in total. The van der Waals surface area contributed by atoms with Gasteiger partial charge in [0, 0.05) is 17.8 Å². The van der Waals surface area contributed by atoms with Crippen molar-refractivity contribution in [3.63, 3.8) is 0 Å². The number of carboxylic acid groups (broad SMARTS) is 1. The Labute approximate surface area is 178 Å². The van der Waals surface area contributed by atoms with Crippen LogP contribution in [0.3, 0.4) is 0 Å². The third-order valence-corrected chi connectivity index (χ3v) is 5.91. The van der Waals surface area contributed by atoms with Crippen molar-refractivity contribution in [2.75, 3.05) is 13.2 Å². The molecule has 0 unspecified atom stereocenters. The summed E-state index contributed by atoms with van der Waals surface area (Å²) in [6.45, 7) is 0.701. The van der Waals surface area contributed by atoms with Crippen LogP contribution < -0.4 is 5.32 Å². The van der Waals surface area contributed by atoms with E-state index in [1.807, 2.05) is 30.3 Å². The van der Waals surface area contributed by atoms with Crippen molar-refractivity contribution in [2.45, 2.75) is 12.3 Å². The zero-order chi connectivity index (χ0) is 20.9. The highest BCUT2D eigenvalue weighted by Crippen LogP contribution is 2.44. The van der Waals surface area contributed by atoms with Crippen molar-refractivity contribution < 1.29 is 19.4 Å². The standard InChI is InChI=1S/C24H21NO4S/c26-23(27)22-15-30-14-16(22)7-5-6-12-25-24(28)29-13-21-19-10-3-1-8-17(19)18-9-2-4-11-20(18)21/h1-5,7-11,14-15,21H,6,12-13H2,(H,25,28)(H,26,27). The zero-order valence-corrected chi connectivity index (χ0v) is 17.0. The van der Waals surface area contributed by atoms with E-state index in [1.54, 1.807) is 16.8 Å². The fourth-order valence-corrected chi connectivity index (χ4v) is 4.52. The number of nitrogens with one attached hydrogen (secondary N) is 1. The molecule has 0 fully saturated rings. The first-order valence-electron chi connectivity index (χ1n) is 9.70. The summed E-state index contributed by atoms with van der Waals surface area (Å²) in [5, 5.41) is 15.2. The van der Waals surface area contributed by atoms with Crippen LogP contribution in [0.2, 0.25) is 0 Å². The molecule has 4 rings (SSSR count). The maximum atomic E-state index is 12.1. The van der Waals surface area contributed by atoms with Gasteiger partial charge in [0.1, 0.15) is 6.61 Å². The number of benzene rings is 2. The number of amides is 1. The molecule has 3 aromatic rings. The van der Waals surface area contributed by atoms with Crippen molar-refractivity contribution in [2.24, 2.45) is 0 Å². The summed E-state index contributed by atoms with van der Waals surface area (Å²) in [6, 6.07) is 16.4. The van der Waals surface area contributed by atoms with Crippen LogP contribution in [-0.4, -0.2) is 30.3 Å². The molecule has 2 aromatic carbocycles. The monoisotopic (exact) mass is 419 g/mol. The van der Waals surface area contributed by atoms with Gasteiger partial charge < -0.3 is 15.2 Å². The van der Waals surface area contributed by atoms with Gasteiger partial charge in [0.05, 0.1) is 5.56 Å². The number of carbonyl (C=O) groups is 2. The highest BCUT2D eigenvalue weighted by atomic mass is 32.1. The third kappa shape index (κ3) is 4.14. The molecule has 0 saturated heterocycles. The second-order valence-electron chi connectivity index (χ2n) is 6.99. The van der Waals surface area contributed by atoms with Gasteiger partial charge in [-0.2, -0.15) is 11.3 Å². The molecule has 0 spiro atoms. The van der Waals surface area contributed by atoms with Crippen LogP contribution >= 0.6 is 11.3 Å². The Hall–Kier alpha value is -3.38. The van der Waals surface area contributed by atoms with E-state index in [4.69, 9.17) is 9.84 Å². The molecule has 152 valence electrons. The van der Waals surface area contributed by atoms with E-state index >= 15 is 0 Å². The SMILES string of the molecule is O=C(NCCC=Cc1cscc1C(=O)O)OCC1c2ccccc2-c2ccccc21. The second-order valence-corrected chi connectivity index (χ2v) is 7.73. The van der Waals surface area contributed by atoms with E-state index in [2.05, 4.69) is 29.6 Å². The van der Waals surface area contributed by atoms with Gasteiger partial charge in [-0.3, -0.25) is 0 Å². The largest absolute Gasteiger partial charge is 0.478 e. The molecule has 0 saturated carbocycles. The first-order valence-corrected chi connectivity index (χ1v) is 10.6. The first-order chi connectivity index (χ1) is 14.6. The van der Waals surface area contributed by atoms with Crippen LogP contribution in [0.15, 0.2) is 65.4 Å². The average molecular weight is 420 g/mol. The Balaban J connectivity index is 1.28. The Morgan fingerprint density at radius 3 is 2.37 bits per heavy atom. The first kappa shape index (κ1) is 19.9. The van der Waals surface area contributed by atoms with Gasteiger partial charge in [0.15, 0.2) is 0 Å². The highest BCUT2D eigenvalue weighted by molar-refractivity contribution is 7.08. The number of alkyl carbamates (subject to hydrolysis) is 1. The van der Waals surface area contributed by atoms with Crippen molar-refractivity contribution in [1.82, 2.24) is 5.32 Å². The minimum Gasteiger partial charge on any atom is -0.478 e. The summed E-state index contributed by atoms with van der Waals surface area (Å²) in [6.07, 6.45) is 3.74. The summed E-state index contributed by atoms with van der Waals surface area (Å²) >= 11 is 1.35. The van der Waals surface area contributed by atoms with E-state index in [-0.39, 0.29) is 12.5 Å². The molecule has 1 aliphatic carbocycles. The Morgan fingerprint density at radius 2 is 1.70 bits per heavy atom. The normalized spacial score (nSPS) is 12.5. The number of hydrogen-bond acceptors (Lipinski definition) is 4. The van der Waals surface area contributed by atoms with Crippen LogP contribution in [0.25, 0.3) is 17.2 Å². The third-order valence-electron chi connectivity index (χ3n) is 5.14. The van der Waals surface area contributed by atoms with Gasteiger partial charge >= 0.3 is 12.1 Å². The maximum Gasteiger partial charge on any atom is 0.407 e. The number of rotatable bonds is 7. The smallest absolute Gasteiger partial charge is 0.407 e. The maximum absolute atomic E-state index is 12.1. The van der Waals surface area contributed by atoms with Gasteiger partial charge in [0.2, 0.25) is 0 Å². The van der Waals surface area contributed by atoms with E-state index < -0.39 is 12.1 Å². The number of hydrogen-bond donors (Lipinski definition) is 2. The van der Waals surface area contributed by atoms with Crippen LogP contribution in [0.1, 0.15) is 39.4 Å². The molecular formula is C24H21NO4S. The fraction of sp³-hybridized carbons (Fsp3) is 0.167. The van der Waals surface area contributed by atoms with Gasteiger partial charge in [-0.1, -0.05) is 60.7 Å². The Bertz CT molecular complexity index is 1060. The summed E-state index contributed by atoms with van der Waals surface area (Å²) in [7, 11) is 0. The van der Waals surface area contributed by atoms with Crippen LogP contribution in [0, 0.1) is 0 Å². The number of aromatic carboxylic acids is 1. The molecule has 1 amide bonds. The van der Waals surface area contributed by atoms with E-state index in [0.717, 1.165) is 0 Å². The highest BCUT2D eigenvalue weighted by Gasteiger charge is 2.28. The topological polar surface area (TPSA) is 75.6 Å². The number of thiophene rings is 1. The van der Waals surface area contributed by atoms with Crippen LogP contribution in [0.5, 0.6) is 0 Å². The molecule has 0 radical (unpaired) electrons. The van der Waals surface area contributed by atoms with Gasteiger partial charge in [-0.05, 0) is 39.6 Å². The number of carboxylic acids is 1. The summed E-state index contributed by atoms with van der Waals surface area (Å²) in [4.78, 5) is 23.2. The molecule has 1 aliphatic rings. The molecule has 0 aliphatic heterocycles.